The van der Waals surface area contributed by atoms with Crippen molar-refractivity contribution in [3.05, 3.63) is 29.3 Å². The van der Waals surface area contributed by atoms with E-state index in [9.17, 15) is 4.79 Å². The van der Waals surface area contributed by atoms with E-state index in [0.29, 0.717) is 0 Å². The third-order valence-electron chi connectivity index (χ3n) is 4.93. The number of benzene rings is 1. The predicted octanol–water partition coefficient (Wildman–Crippen LogP) is 3.71. The number of anilines is 1. The van der Waals surface area contributed by atoms with Gasteiger partial charge in [-0.25, -0.2) is 0 Å². The van der Waals surface area contributed by atoms with Crippen LogP contribution in [0.4, 0.5) is 5.69 Å². The van der Waals surface area contributed by atoms with Crippen LogP contribution in [0.25, 0.3) is 0 Å². The molecule has 4 nitrogen and oxygen atoms in total. The molecule has 1 aromatic carbocycles. The Morgan fingerprint density at radius 1 is 1.29 bits per heavy atom. The maximum atomic E-state index is 12.5. The molecule has 1 heterocycles. The van der Waals surface area contributed by atoms with E-state index in [1.165, 1.54) is 11.1 Å². The minimum absolute atomic E-state index is 0. The largest absolute Gasteiger partial charge is 0.328 e. The minimum Gasteiger partial charge on any atom is -0.328 e. The Balaban J connectivity index is 0.00000144. The van der Waals surface area contributed by atoms with Gasteiger partial charge in [0.05, 0.1) is 0 Å². The van der Waals surface area contributed by atoms with Gasteiger partial charge in [-0.15, -0.1) is 24.8 Å². The molecule has 0 saturated heterocycles. The SMILES string of the molecule is CCCN1Cc2cccc(NC(=O)C3CCCC(N)C3)c2C1.Cl.Cl. The van der Waals surface area contributed by atoms with E-state index in [0.717, 1.165) is 57.4 Å². The Labute approximate surface area is 157 Å². The average Bonchev–Trinajstić information content (AvgIpc) is 2.91. The topological polar surface area (TPSA) is 58.4 Å². The molecule has 0 radical (unpaired) electrons. The number of carbonyl (C=O) groups excluding carboxylic acids is 1. The van der Waals surface area contributed by atoms with Crippen molar-refractivity contribution in [2.45, 2.75) is 58.2 Å². The summed E-state index contributed by atoms with van der Waals surface area (Å²) in [7, 11) is 0. The lowest BCUT2D eigenvalue weighted by molar-refractivity contribution is -0.120. The number of hydrogen-bond acceptors (Lipinski definition) is 3. The van der Waals surface area contributed by atoms with Gasteiger partial charge in [0, 0.05) is 30.7 Å². The molecule has 0 spiro atoms. The van der Waals surface area contributed by atoms with Crippen molar-refractivity contribution in [1.29, 1.82) is 0 Å². The van der Waals surface area contributed by atoms with Crippen LogP contribution in [0.1, 0.15) is 50.2 Å². The van der Waals surface area contributed by atoms with Crippen LogP contribution in [0.2, 0.25) is 0 Å². The van der Waals surface area contributed by atoms with Crippen LogP contribution in [0.15, 0.2) is 18.2 Å². The van der Waals surface area contributed by atoms with Gasteiger partial charge in [0.2, 0.25) is 5.91 Å². The number of rotatable bonds is 4. The molecule has 1 aromatic rings. The van der Waals surface area contributed by atoms with Crippen LogP contribution < -0.4 is 11.1 Å². The first-order valence-electron chi connectivity index (χ1n) is 8.57. The molecule has 2 atom stereocenters. The smallest absolute Gasteiger partial charge is 0.227 e. The third kappa shape index (κ3) is 4.85. The highest BCUT2D eigenvalue weighted by Gasteiger charge is 2.27. The first-order chi connectivity index (χ1) is 10.7. The van der Waals surface area contributed by atoms with Crippen molar-refractivity contribution in [2.24, 2.45) is 11.7 Å². The molecule has 0 aromatic heterocycles. The maximum absolute atomic E-state index is 12.5. The number of hydrogen-bond donors (Lipinski definition) is 2. The number of nitrogens with two attached hydrogens (primary N) is 1. The van der Waals surface area contributed by atoms with E-state index in [1.54, 1.807) is 0 Å². The quantitative estimate of drug-likeness (QED) is 0.845. The molecule has 2 unspecified atom stereocenters. The Bertz CT molecular complexity index is 553. The first kappa shape index (κ1) is 21.2. The number of carbonyl (C=O) groups is 1. The molecule has 1 fully saturated rings. The third-order valence-corrected chi connectivity index (χ3v) is 4.93. The molecule has 3 N–H and O–H groups in total. The molecule has 3 rings (SSSR count). The van der Waals surface area contributed by atoms with Crippen LogP contribution >= 0.6 is 24.8 Å². The lowest BCUT2D eigenvalue weighted by Gasteiger charge is -2.26. The fourth-order valence-electron chi connectivity index (χ4n) is 3.78. The average molecular weight is 374 g/mol. The summed E-state index contributed by atoms with van der Waals surface area (Å²) in [6, 6.07) is 6.45. The summed E-state index contributed by atoms with van der Waals surface area (Å²) >= 11 is 0. The fourth-order valence-corrected chi connectivity index (χ4v) is 3.78. The molecule has 24 heavy (non-hydrogen) atoms. The van der Waals surface area contributed by atoms with Gasteiger partial charge in [0.15, 0.2) is 0 Å². The van der Waals surface area contributed by atoms with E-state index >= 15 is 0 Å². The zero-order valence-corrected chi connectivity index (χ0v) is 15.9. The second kappa shape index (κ2) is 9.62. The van der Waals surface area contributed by atoms with E-state index in [2.05, 4.69) is 29.3 Å². The highest BCUT2D eigenvalue weighted by atomic mass is 35.5. The number of halogens is 2. The van der Waals surface area contributed by atoms with Crippen molar-refractivity contribution in [1.82, 2.24) is 4.90 Å². The summed E-state index contributed by atoms with van der Waals surface area (Å²) < 4.78 is 0. The second-order valence-corrected chi connectivity index (χ2v) is 6.77. The molecular weight excluding hydrogens is 345 g/mol. The lowest BCUT2D eigenvalue weighted by Crippen LogP contribution is -2.34. The molecule has 1 amide bonds. The lowest BCUT2D eigenvalue weighted by atomic mass is 9.85. The Hall–Kier alpha value is -0.810. The number of nitrogens with zero attached hydrogens (tertiary/aromatic N) is 1. The summed E-state index contributed by atoms with van der Waals surface area (Å²) in [5.41, 5.74) is 9.66. The van der Waals surface area contributed by atoms with E-state index in [-0.39, 0.29) is 42.7 Å². The van der Waals surface area contributed by atoms with Gasteiger partial charge in [-0.1, -0.05) is 25.5 Å². The Morgan fingerprint density at radius 2 is 2.08 bits per heavy atom. The minimum atomic E-state index is 0. The summed E-state index contributed by atoms with van der Waals surface area (Å²) in [5.74, 6) is 0.227. The Kier molecular flexibility index (Phi) is 8.51. The normalized spacial score (nSPS) is 22.9. The molecule has 2 aliphatic rings. The van der Waals surface area contributed by atoms with Crippen LogP contribution in [0.5, 0.6) is 0 Å². The molecule has 6 heteroatoms. The molecule has 1 aliphatic heterocycles. The standard InChI is InChI=1S/C18H27N3O.2ClH/c1-2-9-21-11-14-6-4-8-17(16(14)12-21)20-18(22)13-5-3-7-15(19)10-13;;/h4,6,8,13,15H,2-3,5,7,9-12,19H2,1H3,(H,20,22);2*1H. The van der Waals surface area contributed by atoms with Crippen molar-refractivity contribution in [3.8, 4) is 0 Å². The predicted molar refractivity (Wildman–Crippen MR) is 104 cm³/mol. The summed E-state index contributed by atoms with van der Waals surface area (Å²) in [6.45, 7) is 5.27. The van der Waals surface area contributed by atoms with Gasteiger partial charge < -0.3 is 11.1 Å². The summed E-state index contributed by atoms with van der Waals surface area (Å²) in [5, 5.41) is 3.17. The fraction of sp³-hybridized carbons (Fsp3) is 0.611. The monoisotopic (exact) mass is 373 g/mol. The van der Waals surface area contributed by atoms with E-state index in [4.69, 9.17) is 5.73 Å². The van der Waals surface area contributed by atoms with Gasteiger partial charge in [-0.2, -0.15) is 0 Å². The van der Waals surface area contributed by atoms with Crippen LogP contribution in [0.3, 0.4) is 0 Å². The van der Waals surface area contributed by atoms with Crippen LogP contribution in [-0.2, 0) is 17.9 Å². The molecule has 1 saturated carbocycles. The van der Waals surface area contributed by atoms with Gasteiger partial charge in [0.1, 0.15) is 0 Å². The van der Waals surface area contributed by atoms with Gasteiger partial charge >= 0.3 is 0 Å². The zero-order chi connectivity index (χ0) is 15.5. The van der Waals surface area contributed by atoms with E-state index < -0.39 is 0 Å². The molecule has 136 valence electrons. The highest BCUT2D eigenvalue weighted by molar-refractivity contribution is 5.93. The Morgan fingerprint density at radius 3 is 2.79 bits per heavy atom. The van der Waals surface area contributed by atoms with Crippen LogP contribution in [-0.4, -0.2) is 23.4 Å². The van der Waals surface area contributed by atoms with Gasteiger partial charge in [-0.05, 0) is 49.4 Å². The maximum Gasteiger partial charge on any atom is 0.227 e. The van der Waals surface area contributed by atoms with Crippen molar-refractivity contribution >= 4 is 36.4 Å². The van der Waals surface area contributed by atoms with Gasteiger partial charge in [0.25, 0.3) is 0 Å². The highest BCUT2D eigenvalue weighted by Crippen LogP contribution is 2.31. The zero-order valence-electron chi connectivity index (χ0n) is 14.3. The number of fused-ring (bicyclic) bond motifs is 1. The van der Waals surface area contributed by atoms with Crippen LogP contribution in [0, 0.1) is 5.92 Å². The molecule has 0 bridgehead atoms. The first-order valence-corrected chi connectivity index (χ1v) is 8.57. The number of amides is 1. The van der Waals surface area contributed by atoms with Crippen molar-refractivity contribution < 1.29 is 4.79 Å². The molecular formula is C18H29Cl2N3O. The second-order valence-electron chi connectivity index (χ2n) is 6.77. The summed E-state index contributed by atoms with van der Waals surface area (Å²) in [6.07, 6.45) is 5.07. The molecule has 1 aliphatic carbocycles. The van der Waals surface area contributed by atoms with Crippen molar-refractivity contribution in [2.75, 3.05) is 11.9 Å². The summed E-state index contributed by atoms with van der Waals surface area (Å²) in [4.78, 5) is 15.0. The van der Waals surface area contributed by atoms with E-state index in [1.807, 2.05) is 6.07 Å². The van der Waals surface area contributed by atoms with Crippen molar-refractivity contribution in [3.63, 3.8) is 0 Å². The van der Waals surface area contributed by atoms with Gasteiger partial charge in [-0.3, -0.25) is 9.69 Å². The number of nitrogens with one attached hydrogen (secondary N) is 1.